The number of nitrogens with zero attached hydrogens (tertiary/aromatic N) is 8. The van der Waals surface area contributed by atoms with Gasteiger partial charge in [-0.2, -0.15) is 0 Å². The van der Waals surface area contributed by atoms with Gasteiger partial charge in [0.25, 0.3) is 0 Å². The molecule has 9 rings (SSSR count). The Hall–Kier alpha value is -5.80. The van der Waals surface area contributed by atoms with E-state index in [4.69, 9.17) is 0 Å². The van der Waals surface area contributed by atoms with Crippen LogP contribution in [0.15, 0.2) is 48.5 Å². The second-order valence-electron chi connectivity index (χ2n) is 10.7. The van der Waals surface area contributed by atoms with Crippen LogP contribution in [-0.2, 0) is 17.1 Å². The van der Waals surface area contributed by atoms with Crippen molar-refractivity contribution in [1.29, 1.82) is 0 Å². The fourth-order valence-electron chi connectivity index (χ4n) is 5.63. The fourth-order valence-corrected chi connectivity index (χ4v) is 5.63. The number of hydrogen-bond donors (Lipinski definition) is 0. The van der Waals surface area contributed by atoms with Crippen molar-refractivity contribution in [2.45, 2.75) is 0 Å². The summed E-state index contributed by atoms with van der Waals surface area (Å²) in [5, 5.41) is -0.287. The van der Waals surface area contributed by atoms with Gasteiger partial charge in [0.2, 0.25) is 0 Å². The van der Waals surface area contributed by atoms with E-state index in [1.54, 1.807) is 0 Å². The molecule has 0 unspecified atom stereocenters. The zero-order chi connectivity index (χ0) is 33.2. The smallest absolute Gasteiger partial charge is 0.357 e. The minimum Gasteiger partial charge on any atom is -0.357 e. The average molecular weight is 712 g/mol. The van der Waals surface area contributed by atoms with Gasteiger partial charge in [0.1, 0.15) is 0 Å². The Kier molecular flexibility index (Phi) is 6.60. The molecule has 0 N–H and O–H groups in total. The third-order valence-corrected chi connectivity index (χ3v) is 7.86. The first kappa shape index (κ1) is 30.5. The first-order chi connectivity index (χ1) is 23.0. The van der Waals surface area contributed by atoms with E-state index < -0.39 is 46.5 Å². The maximum absolute atomic E-state index is 14.5. The molecule has 5 heterocycles. The van der Waals surface area contributed by atoms with E-state index in [1.165, 1.54) is 0 Å². The van der Waals surface area contributed by atoms with Crippen molar-refractivity contribution in [3.05, 3.63) is 95.1 Å². The van der Waals surface area contributed by atoms with E-state index in [0.29, 0.717) is 0 Å². The molecule has 8 nitrogen and oxygen atoms in total. The molecule has 8 bridgehead atoms. The van der Waals surface area contributed by atoms with Gasteiger partial charge < -0.3 is 29.9 Å². The summed E-state index contributed by atoms with van der Waals surface area (Å²) in [5.74, 6) is -11.2. The summed E-state index contributed by atoms with van der Waals surface area (Å²) in [6.07, 6.45) is 0. The van der Waals surface area contributed by atoms with Crippen molar-refractivity contribution in [2.75, 3.05) is 0 Å². The van der Waals surface area contributed by atoms with Crippen molar-refractivity contribution in [3.8, 4) is 45.6 Å². The summed E-state index contributed by atoms with van der Waals surface area (Å²) in [6, 6.07) is 6.35. The Morgan fingerprint density at radius 2 is 0.510 bits per heavy atom. The Balaban J connectivity index is 0.00000348. The first-order valence-corrected chi connectivity index (χ1v) is 13.7. The molecule has 17 heteroatoms. The SMILES string of the molecule is Fc1cc2c(cc1F)-c1nc-2nc2[n-]c(nc3nc(nc4[n-]c(n1)c1cc(F)c(F)cc41)-c1cc(F)c(F)cc1-3)c1cc(F)c(F)cc21.[Fe+2]. The summed E-state index contributed by atoms with van der Waals surface area (Å²) in [4.78, 5) is 34.6. The molecule has 0 aliphatic carbocycles. The molecule has 4 aromatic carbocycles. The zero-order valence-electron chi connectivity index (χ0n) is 23.6. The largest absolute Gasteiger partial charge is 2.00 e. The van der Waals surface area contributed by atoms with Crippen molar-refractivity contribution in [2.24, 2.45) is 0 Å². The van der Waals surface area contributed by atoms with Crippen LogP contribution in [0.2, 0.25) is 0 Å². The van der Waals surface area contributed by atoms with Crippen molar-refractivity contribution >= 4 is 44.1 Å². The van der Waals surface area contributed by atoms with Gasteiger partial charge in [-0.25, -0.2) is 45.1 Å². The molecule has 0 saturated heterocycles. The van der Waals surface area contributed by atoms with Crippen LogP contribution in [0, 0.1) is 46.5 Å². The summed E-state index contributed by atoms with van der Waals surface area (Å²) < 4.78 is 116. The van der Waals surface area contributed by atoms with E-state index in [2.05, 4.69) is 39.9 Å². The van der Waals surface area contributed by atoms with Gasteiger partial charge in [0, 0.05) is 44.8 Å². The van der Waals surface area contributed by atoms with Crippen molar-refractivity contribution in [1.82, 2.24) is 39.9 Å². The molecule has 49 heavy (non-hydrogen) atoms. The first-order valence-electron chi connectivity index (χ1n) is 13.7. The van der Waals surface area contributed by atoms with Crippen LogP contribution in [0.4, 0.5) is 35.1 Å². The molecule has 0 atom stereocenters. The van der Waals surface area contributed by atoms with Crippen LogP contribution in [0.5, 0.6) is 0 Å². The van der Waals surface area contributed by atoms with E-state index in [-0.39, 0.29) is 107 Å². The zero-order valence-corrected chi connectivity index (χ0v) is 24.7. The minimum atomic E-state index is -1.27. The molecule has 0 amide bonds. The molecule has 2 aliphatic heterocycles. The summed E-state index contributed by atoms with van der Waals surface area (Å²) in [7, 11) is 0. The number of halogens is 8. The third kappa shape index (κ3) is 4.57. The van der Waals surface area contributed by atoms with Crippen LogP contribution in [0.25, 0.3) is 89.7 Å². The van der Waals surface area contributed by atoms with E-state index in [1.807, 2.05) is 0 Å². The number of aromatic nitrogens is 8. The summed E-state index contributed by atoms with van der Waals surface area (Å²) >= 11 is 0. The van der Waals surface area contributed by atoms with Crippen LogP contribution in [0.1, 0.15) is 0 Å². The third-order valence-electron chi connectivity index (χ3n) is 7.86. The molecule has 0 fully saturated rings. The maximum Gasteiger partial charge on any atom is 2.00 e. The molecule has 240 valence electrons. The number of hydrogen-bond acceptors (Lipinski definition) is 6. The monoisotopic (exact) mass is 712 g/mol. The Labute approximate surface area is 276 Å². The summed E-state index contributed by atoms with van der Waals surface area (Å²) in [5.41, 5.74) is -1.40. The number of benzene rings is 4. The van der Waals surface area contributed by atoms with E-state index in [9.17, 15) is 35.1 Å². The Morgan fingerprint density at radius 1 is 0.306 bits per heavy atom. The van der Waals surface area contributed by atoms with Gasteiger partial charge in [-0.1, -0.05) is 0 Å². The van der Waals surface area contributed by atoms with Gasteiger partial charge in [0.05, 0.1) is 23.3 Å². The normalized spacial score (nSPS) is 11.9. The molecular weight excluding hydrogens is 704 g/mol. The molecule has 0 saturated carbocycles. The number of rotatable bonds is 0. The van der Waals surface area contributed by atoms with Gasteiger partial charge in [-0.05, 0) is 70.1 Å². The van der Waals surface area contributed by atoms with Crippen LogP contribution in [-0.4, -0.2) is 29.9 Å². The predicted octanol–water partition coefficient (Wildman–Crippen LogP) is 7.24. The second kappa shape index (κ2) is 10.6. The average Bonchev–Trinajstić information content (AvgIpc) is 3.74. The molecule has 3 aromatic heterocycles. The standard InChI is InChI=1S/C32H8F8N8.Fe/c33-17-1-9-10(2-18(17)34)26-41-25(9)45-27-11-3-19(35)20(36)4-12(11)29(42-27)47-31-15-7-23(39)24(40)8-16(15)32(44-31)48-30-14-6-22(38)21(37)5-13(14)28(43-30)46-26;/h1-8H;/q-2;+2. The molecular formula is C32H8F8FeN8. The quantitative estimate of drug-likeness (QED) is 0.120. The van der Waals surface area contributed by atoms with Crippen LogP contribution in [0.3, 0.4) is 0 Å². The number of fused-ring (bicyclic) bond motifs is 20. The van der Waals surface area contributed by atoms with Gasteiger partial charge in [0.15, 0.2) is 46.5 Å². The van der Waals surface area contributed by atoms with Gasteiger partial charge in [-0.3, -0.25) is 0 Å². The minimum absolute atomic E-state index is 0. The topological polar surface area (TPSA) is 106 Å². The molecule has 2 aliphatic rings. The molecule has 0 radical (unpaired) electrons. The maximum atomic E-state index is 14.5. The van der Waals surface area contributed by atoms with Gasteiger partial charge >= 0.3 is 17.1 Å². The Morgan fingerprint density at radius 3 is 0.735 bits per heavy atom. The fraction of sp³-hybridized carbons (Fsp3) is 0. The molecule has 7 aromatic rings. The second-order valence-corrected chi connectivity index (χ2v) is 10.7. The summed E-state index contributed by atoms with van der Waals surface area (Å²) in [6.45, 7) is 0. The van der Waals surface area contributed by atoms with Crippen molar-refractivity contribution < 1.29 is 52.2 Å². The molecule has 0 spiro atoms. The Bertz CT molecular complexity index is 2430. The van der Waals surface area contributed by atoms with Gasteiger partial charge in [-0.15, -0.1) is 0 Å². The van der Waals surface area contributed by atoms with E-state index >= 15 is 0 Å². The van der Waals surface area contributed by atoms with Crippen molar-refractivity contribution in [3.63, 3.8) is 0 Å². The van der Waals surface area contributed by atoms with E-state index in [0.717, 1.165) is 48.5 Å². The van der Waals surface area contributed by atoms with Crippen LogP contribution < -0.4 is 9.97 Å². The van der Waals surface area contributed by atoms with Crippen LogP contribution >= 0.6 is 0 Å². The predicted molar refractivity (Wildman–Crippen MR) is 154 cm³/mol.